The van der Waals surface area contributed by atoms with Crippen LogP contribution in [0.5, 0.6) is 17.5 Å². The number of fused-ring (bicyclic) bond motifs is 1. The van der Waals surface area contributed by atoms with Crippen molar-refractivity contribution in [2.75, 3.05) is 25.5 Å². The van der Waals surface area contributed by atoms with Crippen LogP contribution in [0.3, 0.4) is 0 Å². The molecule has 3 heterocycles. The largest absolute Gasteiger partial charge is 0.478 e. The highest BCUT2D eigenvalue weighted by Crippen LogP contribution is 2.36. The lowest BCUT2D eigenvalue weighted by molar-refractivity contribution is 0.0781. The summed E-state index contributed by atoms with van der Waals surface area (Å²) < 4.78 is 70.7. The van der Waals surface area contributed by atoms with Crippen molar-refractivity contribution in [2.24, 2.45) is 0 Å². The lowest BCUT2D eigenvalue weighted by atomic mass is 10.2. The molecule has 3 aromatic heterocycles. The number of hydrogen-bond acceptors (Lipinski definition) is 7. The molecule has 0 radical (unpaired) electrons. The molecule has 1 aromatic carbocycles. The van der Waals surface area contributed by atoms with Crippen molar-refractivity contribution < 1.29 is 31.6 Å². The number of rotatable bonds is 9. The summed E-state index contributed by atoms with van der Waals surface area (Å²) in [7, 11) is 0.594. The molecule has 2 N–H and O–H groups in total. The number of ether oxygens (including phenoxy) is 3. The average molecular weight is 517 g/mol. The third-order valence-electron chi connectivity index (χ3n) is 4.45. The molecule has 0 aliphatic heterocycles. The van der Waals surface area contributed by atoms with Crippen molar-refractivity contribution >= 4 is 39.4 Å². The summed E-state index contributed by atoms with van der Waals surface area (Å²) in [5, 5.41) is 4.73. The molecule has 15 heteroatoms. The zero-order valence-electron chi connectivity index (χ0n) is 17.5. The molecule has 0 saturated heterocycles. The molecular formula is C19H16ClF3N6O4S. The molecule has 4 aromatic rings. The Kier molecular flexibility index (Phi) is 6.79. The Hall–Kier alpha value is -3.52. The Balaban J connectivity index is 1.67. The molecule has 0 saturated carbocycles. The Morgan fingerprint density at radius 2 is 1.94 bits per heavy atom. The van der Waals surface area contributed by atoms with Gasteiger partial charge in [-0.3, -0.25) is 4.72 Å². The normalized spacial score (nSPS) is 12.2. The van der Waals surface area contributed by atoms with Gasteiger partial charge >= 0.3 is 0 Å². The highest BCUT2D eigenvalue weighted by atomic mass is 35.5. The number of nitrogens with one attached hydrogen (secondary N) is 2. The number of alkyl halides is 2. The number of methoxy groups -OCH3 is 2. The molecule has 10 nitrogen and oxygen atoms in total. The van der Waals surface area contributed by atoms with E-state index in [1.807, 2.05) is 0 Å². The summed E-state index contributed by atoms with van der Waals surface area (Å²) in [5.74, 6) is -1.33. The van der Waals surface area contributed by atoms with Crippen LogP contribution >= 0.6 is 11.6 Å². The maximum atomic E-state index is 13.5. The molecule has 180 valence electrons. The van der Waals surface area contributed by atoms with Crippen molar-refractivity contribution in [1.82, 2.24) is 24.7 Å². The second-order valence-electron chi connectivity index (χ2n) is 6.54. The van der Waals surface area contributed by atoms with Crippen LogP contribution in [0, 0.1) is 5.82 Å². The van der Waals surface area contributed by atoms with Crippen LogP contribution in [0.1, 0.15) is 0 Å². The van der Waals surface area contributed by atoms with E-state index >= 15 is 0 Å². The van der Waals surface area contributed by atoms with Gasteiger partial charge in [0.25, 0.3) is 18.2 Å². The fourth-order valence-electron chi connectivity index (χ4n) is 3.07. The summed E-state index contributed by atoms with van der Waals surface area (Å²) in [6.07, 6.45) is 0.923. The number of aromatic amines is 1. The van der Waals surface area contributed by atoms with Gasteiger partial charge < -0.3 is 19.2 Å². The molecule has 0 aliphatic carbocycles. The summed E-state index contributed by atoms with van der Waals surface area (Å²) in [6, 6.07) is 3.20. The monoisotopic (exact) mass is 516 g/mol. The lowest BCUT2D eigenvalue weighted by Crippen LogP contribution is -2.13. The summed E-state index contributed by atoms with van der Waals surface area (Å²) in [5.41, 5.74) is 0.832. The third-order valence-corrected chi connectivity index (χ3v) is 5.86. The first-order valence-corrected chi connectivity index (χ1v) is 10.9. The van der Waals surface area contributed by atoms with Crippen molar-refractivity contribution in [3.63, 3.8) is 0 Å². The van der Waals surface area contributed by atoms with E-state index in [0.717, 1.165) is 12.4 Å². The number of nitrogens with zero attached hydrogens (tertiary/aromatic N) is 4. The molecule has 0 fully saturated rings. The van der Waals surface area contributed by atoms with Crippen LogP contribution in [0.2, 0.25) is 5.02 Å². The van der Waals surface area contributed by atoms with E-state index in [4.69, 9.17) is 25.8 Å². The predicted molar refractivity (Wildman–Crippen MR) is 117 cm³/mol. The molecule has 0 bridgehead atoms. The van der Waals surface area contributed by atoms with Crippen LogP contribution in [-0.4, -0.2) is 56.2 Å². The van der Waals surface area contributed by atoms with Gasteiger partial charge in [-0.2, -0.15) is 15.1 Å². The fraction of sp³-hybridized carbons (Fsp3) is 0.211. The predicted octanol–water partition coefficient (Wildman–Crippen LogP) is 3.73. The van der Waals surface area contributed by atoms with E-state index in [0.29, 0.717) is 26.5 Å². The molecule has 0 amide bonds. The lowest BCUT2D eigenvalue weighted by Gasteiger charge is -2.14. The smallest absolute Gasteiger partial charge is 0.272 e. The molecule has 1 atom stereocenters. The number of benzene rings is 1. The number of halogens is 4. The van der Waals surface area contributed by atoms with Crippen LogP contribution in [0.15, 0.2) is 35.6 Å². The Morgan fingerprint density at radius 3 is 2.53 bits per heavy atom. The minimum atomic E-state index is -2.74. The van der Waals surface area contributed by atoms with E-state index in [1.54, 1.807) is 12.1 Å². The molecular weight excluding hydrogens is 501 g/mol. The zero-order valence-corrected chi connectivity index (χ0v) is 19.1. The Morgan fingerprint density at radius 1 is 1.24 bits per heavy atom. The Labute approximate surface area is 197 Å². The van der Waals surface area contributed by atoms with E-state index < -0.39 is 29.8 Å². The minimum absolute atomic E-state index is 0.172. The molecule has 0 spiro atoms. The van der Waals surface area contributed by atoms with Gasteiger partial charge in [-0.15, -0.1) is 0 Å². The van der Waals surface area contributed by atoms with Crippen molar-refractivity contribution in [2.45, 2.75) is 11.3 Å². The van der Waals surface area contributed by atoms with Gasteiger partial charge in [-0.25, -0.2) is 22.1 Å². The Bertz CT molecular complexity index is 1340. The van der Waals surface area contributed by atoms with Crippen molar-refractivity contribution in [3.8, 4) is 23.2 Å². The highest BCUT2D eigenvalue weighted by Gasteiger charge is 2.22. The molecule has 0 aliphatic rings. The van der Waals surface area contributed by atoms with Gasteiger partial charge in [0.05, 0.1) is 42.0 Å². The fourth-order valence-corrected chi connectivity index (χ4v) is 4.22. The third kappa shape index (κ3) is 4.59. The number of aromatic nitrogens is 5. The standard InChI is InChI=1S/C19H16ClF3N6O4S/c1-31-17-16(33-8-13(22)23)18(32-2)27-19(26-17)28-34(30)12-6-24-14-10(12)3-4-11(20)15(14)29-7-9(21)5-25-29/h3-7,13,24H,8H2,1-2H3,(H,26,27,28). The molecule has 34 heavy (non-hydrogen) atoms. The van der Waals surface area contributed by atoms with Crippen molar-refractivity contribution in [1.29, 1.82) is 0 Å². The summed E-state index contributed by atoms with van der Waals surface area (Å²) >= 11 is 6.29. The number of anilines is 1. The second kappa shape index (κ2) is 9.77. The van der Waals surface area contributed by atoms with Crippen LogP contribution in [-0.2, 0) is 11.0 Å². The van der Waals surface area contributed by atoms with Gasteiger partial charge in [0.1, 0.15) is 12.3 Å². The van der Waals surface area contributed by atoms with Crippen molar-refractivity contribution in [3.05, 3.63) is 41.6 Å². The van der Waals surface area contributed by atoms with E-state index in [1.165, 1.54) is 25.1 Å². The summed E-state index contributed by atoms with van der Waals surface area (Å²) in [6.45, 7) is -0.921. The van der Waals surface area contributed by atoms with Gasteiger partial charge in [0.15, 0.2) is 16.8 Å². The highest BCUT2D eigenvalue weighted by molar-refractivity contribution is 7.86. The molecule has 1 unspecified atom stereocenters. The van der Waals surface area contributed by atoms with Gasteiger partial charge in [-0.05, 0) is 12.1 Å². The van der Waals surface area contributed by atoms with Gasteiger partial charge in [0.2, 0.25) is 11.7 Å². The second-order valence-corrected chi connectivity index (χ2v) is 8.13. The first-order chi connectivity index (χ1) is 16.3. The molecule has 4 rings (SSSR count). The maximum absolute atomic E-state index is 13.5. The van der Waals surface area contributed by atoms with Crippen LogP contribution in [0.4, 0.5) is 19.1 Å². The minimum Gasteiger partial charge on any atom is -0.478 e. The van der Waals surface area contributed by atoms with Gasteiger partial charge in [-0.1, -0.05) is 11.6 Å². The maximum Gasteiger partial charge on any atom is 0.272 e. The van der Waals surface area contributed by atoms with E-state index in [-0.39, 0.29) is 23.5 Å². The number of H-pyrrole nitrogens is 1. The quantitative estimate of drug-likeness (QED) is 0.348. The van der Waals surface area contributed by atoms with Crippen LogP contribution in [0.25, 0.3) is 16.6 Å². The average Bonchev–Trinajstić information content (AvgIpc) is 3.43. The first-order valence-electron chi connectivity index (χ1n) is 9.41. The van der Waals surface area contributed by atoms with Crippen LogP contribution < -0.4 is 18.9 Å². The topological polar surface area (TPSA) is 116 Å². The SMILES string of the molecule is COc1nc(NS(=O)c2c[nH]c3c(-n4cc(F)cn4)c(Cl)ccc23)nc(OC)c1OCC(F)F. The van der Waals surface area contributed by atoms with E-state index in [2.05, 4.69) is 24.8 Å². The zero-order chi connectivity index (χ0) is 24.4. The van der Waals surface area contributed by atoms with E-state index in [9.17, 15) is 17.4 Å². The summed E-state index contributed by atoms with van der Waals surface area (Å²) in [4.78, 5) is 11.3. The van der Waals surface area contributed by atoms with Gasteiger partial charge in [0, 0.05) is 11.6 Å². The number of hydrogen-bond donors (Lipinski definition) is 2. The first kappa shape index (κ1) is 23.6.